The largest absolute Gasteiger partial charge is 0.475 e. The molecule has 0 aliphatic heterocycles. The Hall–Kier alpha value is -1.20. The zero-order chi connectivity index (χ0) is 14.3. The molecule has 1 N–H and O–H groups in total. The van der Waals surface area contributed by atoms with Gasteiger partial charge in [-0.25, -0.2) is 9.53 Å². The number of carbonyl (C=O) groups is 1. The van der Waals surface area contributed by atoms with Gasteiger partial charge in [0.25, 0.3) is 0 Å². The summed E-state index contributed by atoms with van der Waals surface area (Å²) in [6.45, 7) is 0. The van der Waals surface area contributed by atoms with E-state index in [1.54, 1.807) is 4.74 Å². The summed E-state index contributed by atoms with van der Waals surface area (Å²) in [5.41, 5.74) is 0. The van der Waals surface area contributed by atoms with E-state index in [1.807, 2.05) is 0 Å². The Balaban J connectivity index is 5.24. The predicted molar refractivity (Wildman–Crippen MR) is 29.6 cm³/mol. The monoisotopic (exact) mass is 280 g/mol. The van der Waals surface area contributed by atoms with Gasteiger partial charge in [0, 0.05) is 0 Å². The van der Waals surface area contributed by atoms with Crippen molar-refractivity contribution in [3.8, 4) is 0 Å². The molecular weight excluding hydrogens is 279 g/mol. The first-order valence-corrected chi connectivity index (χ1v) is 3.29. The maximum absolute atomic E-state index is 12.1. The van der Waals surface area contributed by atoms with Gasteiger partial charge in [-0.05, 0) is 0 Å². The van der Waals surface area contributed by atoms with Crippen molar-refractivity contribution >= 4 is 5.97 Å². The number of aliphatic carboxylic acids is 1. The average Bonchev–Trinajstić information content (AvgIpc) is 1.98. The second-order valence-corrected chi connectivity index (χ2v) is 2.51. The van der Waals surface area contributed by atoms with Gasteiger partial charge >= 0.3 is 30.3 Å². The molecule has 12 heteroatoms. The Kier molecular flexibility index (Phi) is 3.65. The lowest BCUT2D eigenvalue weighted by Gasteiger charge is -2.29. The normalized spacial score (nSPS) is 14.9. The summed E-state index contributed by atoms with van der Waals surface area (Å²) in [5.74, 6) is -10.4. The van der Waals surface area contributed by atoms with Crippen molar-refractivity contribution in [3.05, 3.63) is 0 Å². The second-order valence-electron chi connectivity index (χ2n) is 2.51. The highest BCUT2D eigenvalue weighted by Crippen LogP contribution is 2.48. The summed E-state index contributed by atoms with van der Waals surface area (Å²) in [5, 5.41) is 7.54. The molecule has 0 unspecified atom stereocenters. The topological polar surface area (TPSA) is 46.5 Å². The molecule has 0 aliphatic carbocycles. The number of carboxylic acids is 1. The second kappa shape index (κ2) is 3.92. The molecule has 0 fully saturated rings. The molecule has 102 valence electrons. The molecule has 0 heterocycles. The molecule has 0 bridgehead atoms. The van der Waals surface area contributed by atoms with Crippen molar-refractivity contribution in [3.63, 3.8) is 0 Å². The van der Waals surface area contributed by atoms with Crippen LogP contribution in [0.4, 0.5) is 39.5 Å². The Bertz CT molecular complexity index is 306. The van der Waals surface area contributed by atoms with Gasteiger partial charge in [0.1, 0.15) is 0 Å². The number of rotatable bonds is 4. The van der Waals surface area contributed by atoms with E-state index in [-0.39, 0.29) is 0 Å². The fourth-order valence-corrected chi connectivity index (χ4v) is 0.434. The van der Waals surface area contributed by atoms with E-state index in [0.29, 0.717) is 0 Å². The van der Waals surface area contributed by atoms with Crippen LogP contribution >= 0.6 is 0 Å². The quantitative estimate of drug-likeness (QED) is 0.805. The third-order valence-corrected chi connectivity index (χ3v) is 1.23. The molecule has 3 nitrogen and oxygen atoms in total. The van der Waals surface area contributed by atoms with Crippen molar-refractivity contribution < 1.29 is 54.2 Å². The predicted octanol–water partition coefficient (Wildman–Crippen LogP) is 2.47. The molecule has 0 aromatic rings. The first-order chi connectivity index (χ1) is 7.15. The molecule has 0 rings (SSSR count). The fourth-order valence-electron chi connectivity index (χ4n) is 0.434. The number of halogens is 9. The Morgan fingerprint density at radius 1 is 0.882 bits per heavy atom. The zero-order valence-electron chi connectivity index (χ0n) is 7.17. The van der Waals surface area contributed by atoms with Crippen LogP contribution in [-0.2, 0) is 9.53 Å². The highest BCUT2D eigenvalue weighted by atomic mass is 19.4. The standard InChI is InChI=1S/C5HF9O3/c6-2(7,1(15)16)17-5(13,14)3(8,9)4(10,11)12/h(H,15,16). The molecule has 0 aromatic carbocycles. The van der Waals surface area contributed by atoms with Crippen LogP contribution < -0.4 is 0 Å². The van der Waals surface area contributed by atoms with Gasteiger partial charge in [0.2, 0.25) is 0 Å². The molecule has 0 amide bonds. The van der Waals surface area contributed by atoms with E-state index in [0.717, 1.165) is 0 Å². The molecule has 0 aromatic heterocycles. The number of alkyl halides is 9. The van der Waals surface area contributed by atoms with E-state index in [4.69, 9.17) is 5.11 Å². The smallest absolute Gasteiger partial charge is 0.462 e. The fraction of sp³-hybridized carbons (Fsp3) is 0.800. The Labute approximate surface area is 85.8 Å². The Morgan fingerprint density at radius 2 is 1.24 bits per heavy atom. The van der Waals surface area contributed by atoms with E-state index in [2.05, 4.69) is 0 Å². The Morgan fingerprint density at radius 3 is 1.47 bits per heavy atom. The van der Waals surface area contributed by atoms with Crippen LogP contribution in [0.5, 0.6) is 0 Å². The molecule has 0 spiro atoms. The molecular formula is C5HF9O3. The van der Waals surface area contributed by atoms with Crippen LogP contribution in [0.2, 0.25) is 0 Å². The molecule has 0 atom stereocenters. The van der Waals surface area contributed by atoms with E-state index >= 15 is 0 Å². The van der Waals surface area contributed by atoms with E-state index in [9.17, 15) is 44.3 Å². The third kappa shape index (κ3) is 2.92. The minimum atomic E-state index is -6.97. The van der Waals surface area contributed by atoms with Crippen molar-refractivity contribution in [2.45, 2.75) is 24.3 Å². The summed E-state index contributed by atoms with van der Waals surface area (Å²) >= 11 is 0. The van der Waals surface area contributed by atoms with Gasteiger partial charge in [-0.15, -0.1) is 0 Å². The number of hydrogen-bond acceptors (Lipinski definition) is 2. The number of carboxylic acid groups (broad SMARTS) is 1. The average molecular weight is 280 g/mol. The van der Waals surface area contributed by atoms with Crippen LogP contribution in [0.3, 0.4) is 0 Å². The van der Waals surface area contributed by atoms with Gasteiger partial charge in [0.15, 0.2) is 0 Å². The van der Waals surface area contributed by atoms with Gasteiger partial charge < -0.3 is 5.11 Å². The summed E-state index contributed by atoms with van der Waals surface area (Å²) in [6, 6.07) is 0. The van der Waals surface area contributed by atoms with Gasteiger partial charge in [-0.3, -0.25) is 0 Å². The molecule has 17 heavy (non-hydrogen) atoms. The lowest BCUT2D eigenvalue weighted by atomic mass is 10.3. The third-order valence-electron chi connectivity index (χ3n) is 1.23. The van der Waals surface area contributed by atoms with Crippen LogP contribution in [-0.4, -0.2) is 35.4 Å². The van der Waals surface area contributed by atoms with Gasteiger partial charge in [-0.1, -0.05) is 0 Å². The van der Waals surface area contributed by atoms with Crippen molar-refractivity contribution in [1.82, 2.24) is 0 Å². The highest BCUT2D eigenvalue weighted by Gasteiger charge is 2.77. The molecule has 0 saturated carbocycles. The minimum absolute atomic E-state index is 1.74. The summed E-state index contributed by atoms with van der Waals surface area (Å²) in [7, 11) is 0. The summed E-state index contributed by atoms with van der Waals surface area (Å²) in [4.78, 5) is 9.54. The lowest BCUT2D eigenvalue weighted by molar-refractivity contribution is -0.464. The molecule has 0 radical (unpaired) electrons. The lowest BCUT2D eigenvalue weighted by Crippen LogP contribution is -2.56. The number of ether oxygens (including phenoxy) is 1. The number of hydrogen-bond donors (Lipinski definition) is 1. The van der Waals surface area contributed by atoms with Crippen molar-refractivity contribution in [2.75, 3.05) is 0 Å². The van der Waals surface area contributed by atoms with Gasteiger partial charge in [-0.2, -0.15) is 39.5 Å². The van der Waals surface area contributed by atoms with Crippen LogP contribution in [0.25, 0.3) is 0 Å². The minimum Gasteiger partial charge on any atom is -0.475 e. The molecule has 0 aliphatic rings. The summed E-state index contributed by atoms with van der Waals surface area (Å²) < 4.78 is 108. The van der Waals surface area contributed by atoms with E-state index < -0.39 is 30.3 Å². The summed E-state index contributed by atoms with van der Waals surface area (Å²) in [6.07, 6.45) is -19.5. The highest BCUT2D eigenvalue weighted by molar-refractivity contribution is 5.73. The van der Waals surface area contributed by atoms with Gasteiger partial charge in [0.05, 0.1) is 0 Å². The zero-order valence-corrected chi connectivity index (χ0v) is 7.17. The van der Waals surface area contributed by atoms with Crippen molar-refractivity contribution in [2.24, 2.45) is 0 Å². The molecule has 0 saturated heterocycles. The SMILES string of the molecule is O=C(O)C(F)(F)OC(F)(F)C(F)(F)C(F)(F)F. The van der Waals surface area contributed by atoms with E-state index in [1.165, 1.54) is 0 Å². The maximum Gasteiger partial charge on any atom is 0.462 e. The van der Waals surface area contributed by atoms with Crippen LogP contribution in [0, 0.1) is 0 Å². The first kappa shape index (κ1) is 15.8. The first-order valence-electron chi connectivity index (χ1n) is 3.29. The van der Waals surface area contributed by atoms with Crippen LogP contribution in [0.15, 0.2) is 0 Å². The maximum atomic E-state index is 12.1. The van der Waals surface area contributed by atoms with Crippen molar-refractivity contribution in [1.29, 1.82) is 0 Å². The van der Waals surface area contributed by atoms with Crippen LogP contribution in [0.1, 0.15) is 0 Å².